The summed E-state index contributed by atoms with van der Waals surface area (Å²) in [6.07, 6.45) is 3.45. The summed E-state index contributed by atoms with van der Waals surface area (Å²) in [7, 11) is 0. The molecule has 0 aliphatic carbocycles. The van der Waals surface area contributed by atoms with Crippen LogP contribution in [0.4, 0.5) is 5.13 Å². The van der Waals surface area contributed by atoms with Gasteiger partial charge in [0.05, 0.1) is 6.04 Å². The Morgan fingerprint density at radius 3 is 2.58 bits per heavy atom. The van der Waals surface area contributed by atoms with Crippen molar-refractivity contribution in [1.82, 2.24) is 9.97 Å². The van der Waals surface area contributed by atoms with E-state index in [1.807, 2.05) is 60.0 Å². The second-order valence-electron chi connectivity index (χ2n) is 5.40. The van der Waals surface area contributed by atoms with Crippen LogP contribution in [0.3, 0.4) is 0 Å². The lowest BCUT2D eigenvalue weighted by Gasteiger charge is -2.21. The fraction of sp³-hybridized carbons (Fsp3) is 0.0526. The minimum Gasteiger partial charge on any atom is -0.505 e. The van der Waals surface area contributed by atoms with Crippen LogP contribution < -0.4 is 5.32 Å². The van der Waals surface area contributed by atoms with Gasteiger partial charge in [0.15, 0.2) is 5.13 Å². The van der Waals surface area contributed by atoms with Crippen LogP contribution in [-0.4, -0.2) is 15.1 Å². The molecule has 0 bridgehead atoms. The third-order valence-electron chi connectivity index (χ3n) is 3.92. The van der Waals surface area contributed by atoms with Gasteiger partial charge in [0.2, 0.25) is 0 Å². The first-order chi connectivity index (χ1) is 11.8. The summed E-state index contributed by atoms with van der Waals surface area (Å²) in [6.45, 7) is 0. The molecule has 0 radical (unpaired) electrons. The Bertz CT molecular complexity index is 955. The summed E-state index contributed by atoms with van der Waals surface area (Å²) < 4.78 is 0. The van der Waals surface area contributed by atoms with Crippen LogP contribution >= 0.6 is 11.3 Å². The lowest BCUT2D eigenvalue weighted by atomic mass is 9.96. The largest absolute Gasteiger partial charge is 0.505 e. The fourth-order valence-electron chi connectivity index (χ4n) is 2.78. The van der Waals surface area contributed by atoms with E-state index >= 15 is 0 Å². The molecule has 1 atom stereocenters. The molecule has 0 unspecified atom stereocenters. The molecule has 4 aromatic rings. The molecule has 0 saturated carbocycles. The fourth-order valence-corrected chi connectivity index (χ4v) is 3.34. The molecule has 0 spiro atoms. The highest BCUT2D eigenvalue weighted by atomic mass is 32.1. The summed E-state index contributed by atoms with van der Waals surface area (Å²) in [5, 5.41) is 17.9. The van der Waals surface area contributed by atoms with Crippen LogP contribution in [0.5, 0.6) is 5.75 Å². The molecule has 4 nitrogen and oxygen atoms in total. The van der Waals surface area contributed by atoms with Gasteiger partial charge in [-0.05, 0) is 11.6 Å². The Balaban J connectivity index is 1.85. The smallest absolute Gasteiger partial charge is 0.183 e. The molecular formula is C19H15N3OS. The van der Waals surface area contributed by atoms with Gasteiger partial charge in [-0.2, -0.15) is 0 Å². The van der Waals surface area contributed by atoms with E-state index < -0.39 is 0 Å². The second-order valence-corrected chi connectivity index (χ2v) is 6.30. The molecule has 5 heteroatoms. The maximum Gasteiger partial charge on any atom is 0.183 e. The van der Waals surface area contributed by atoms with Crippen molar-refractivity contribution in [3.8, 4) is 5.75 Å². The minimum atomic E-state index is -0.205. The van der Waals surface area contributed by atoms with Crippen LogP contribution in [-0.2, 0) is 0 Å². The first-order valence-corrected chi connectivity index (χ1v) is 8.48. The number of nitrogens with one attached hydrogen (secondary N) is 1. The second kappa shape index (κ2) is 6.29. The molecule has 0 saturated heterocycles. The van der Waals surface area contributed by atoms with Crippen molar-refractivity contribution in [2.75, 3.05) is 5.32 Å². The summed E-state index contributed by atoms with van der Waals surface area (Å²) in [4.78, 5) is 8.63. The van der Waals surface area contributed by atoms with Crippen LogP contribution in [0, 0.1) is 0 Å². The van der Waals surface area contributed by atoms with Gasteiger partial charge in [0.1, 0.15) is 11.3 Å². The third-order valence-corrected chi connectivity index (χ3v) is 4.63. The molecule has 2 N–H and O–H groups in total. The molecule has 0 aliphatic heterocycles. The number of nitrogens with zero attached hydrogens (tertiary/aromatic N) is 2. The van der Waals surface area contributed by atoms with Gasteiger partial charge in [0, 0.05) is 28.7 Å². The van der Waals surface area contributed by atoms with Crippen LogP contribution in [0.2, 0.25) is 0 Å². The van der Waals surface area contributed by atoms with Crippen LogP contribution in [0.25, 0.3) is 10.9 Å². The molecule has 24 heavy (non-hydrogen) atoms. The average Bonchev–Trinajstić information content (AvgIpc) is 3.15. The molecule has 118 valence electrons. The van der Waals surface area contributed by atoms with E-state index in [2.05, 4.69) is 15.3 Å². The van der Waals surface area contributed by atoms with Crippen molar-refractivity contribution in [2.45, 2.75) is 6.04 Å². The van der Waals surface area contributed by atoms with Crippen molar-refractivity contribution >= 4 is 27.4 Å². The van der Waals surface area contributed by atoms with Crippen LogP contribution in [0.1, 0.15) is 17.2 Å². The Labute approximate surface area is 143 Å². The molecule has 2 aromatic carbocycles. The quantitative estimate of drug-likeness (QED) is 0.573. The Morgan fingerprint density at radius 2 is 1.79 bits per heavy atom. The molecule has 0 aliphatic rings. The highest BCUT2D eigenvalue weighted by molar-refractivity contribution is 7.13. The number of fused-ring (bicyclic) bond motifs is 1. The number of anilines is 1. The van der Waals surface area contributed by atoms with Crippen molar-refractivity contribution in [1.29, 1.82) is 0 Å². The van der Waals surface area contributed by atoms with Gasteiger partial charge in [-0.15, -0.1) is 11.3 Å². The van der Waals surface area contributed by atoms with E-state index in [4.69, 9.17) is 0 Å². The Kier molecular flexibility index (Phi) is 3.84. The number of rotatable bonds is 4. The zero-order chi connectivity index (χ0) is 16.4. The van der Waals surface area contributed by atoms with E-state index in [1.54, 1.807) is 12.4 Å². The van der Waals surface area contributed by atoms with Gasteiger partial charge in [-0.3, -0.25) is 4.98 Å². The molecule has 0 fully saturated rings. The Hall–Kier alpha value is -2.92. The molecule has 2 aromatic heterocycles. The van der Waals surface area contributed by atoms with Crippen molar-refractivity contribution in [2.24, 2.45) is 0 Å². The van der Waals surface area contributed by atoms with E-state index in [0.29, 0.717) is 5.52 Å². The summed E-state index contributed by atoms with van der Waals surface area (Å²) in [5.74, 6) is 0.200. The number of benzene rings is 2. The zero-order valence-corrected chi connectivity index (χ0v) is 13.6. The Morgan fingerprint density at radius 1 is 0.917 bits per heavy atom. The third kappa shape index (κ3) is 2.70. The number of thiazole rings is 1. The first-order valence-electron chi connectivity index (χ1n) is 7.60. The molecule has 0 amide bonds. The monoisotopic (exact) mass is 333 g/mol. The standard InChI is InChI=1S/C19H15N3OS/c23-18-15(9-8-14-7-4-10-20-17(14)18)16(13-5-2-1-3-6-13)22-19-21-11-12-24-19/h1-12,16,23H,(H,21,22)/t16-/m1/s1. The molecule has 2 heterocycles. The maximum absolute atomic E-state index is 10.8. The lowest BCUT2D eigenvalue weighted by Crippen LogP contribution is -2.12. The number of phenolic OH excluding ortho intramolecular Hbond substituents is 1. The topological polar surface area (TPSA) is 58.0 Å². The van der Waals surface area contributed by atoms with Gasteiger partial charge in [0.25, 0.3) is 0 Å². The first kappa shape index (κ1) is 14.7. The van der Waals surface area contributed by atoms with Gasteiger partial charge in [-0.25, -0.2) is 4.98 Å². The molecular weight excluding hydrogens is 318 g/mol. The van der Waals surface area contributed by atoms with Crippen molar-refractivity contribution < 1.29 is 5.11 Å². The summed E-state index contributed by atoms with van der Waals surface area (Å²) in [5.41, 5.74) is 2.44. The predicted molar refractivity (Wildman–Crippen MR) is 97.4 cm³/mol. The molecule has 4 rings (SSSR count). The van der Waals surface area contributed by atoms with Gasteiger partial charge in [-0.1, -0.05) is 48.5 Å². The average molecular weight is 333 g/mol. The van der Waals surface area contributed by atoms with E-state index in [0.717, 1.165) is 21.6 Å². The number of aromatic nitrogens is 2. The lowest BCUT2D eigenvalue weighted by molar-refractivity contribution is 0.472. The highest BCUT2D eigenvalue weighted by Crippen LogP contribution is 2.36. The summed E-state index contributed by atoms with van der Waals surface area (Å²) in [6, 6.07) is 17.6. The number of aromatic hydroxyl groups is 1. The van der Waals surface area contributed by atoms with E-state index in [-0.39, 0.29) is 11.8 Å². The zero-order valence-electron chi connectivity index (χ0n) is 12.8. The highest BCUT2D eigenvalue weighted by Gasteiger charge is 2.20. The minimum absolute atomic E-state index is 0.200. The number of phenols is 1. The number of hydrogen-bond donors (Lipinski definition) is 2. The van der Waals surface area contributed by atoms with Gasteiger partial charge >= 0.3 is 0 Å². The SMILES string of the molecule is Oc1c([C@H](Nc2nccs2)c2ccccc2)ccc2cccnc12. The normalized spacial score (nSPS) is 12.2. The van der Waals surface area contributed by atoms with Crippen molar-refractivity contribution in [3.05, 3.63) is 83.5 Å². The summed E-state index contributed by atoms with van der Waals surface area (Å²) >= 11 is 1.53. The van der Waals surface area contributed by atoms with E-state index in [9.17, 15) is 5.11 Å². The van der Waals surface area contributed by atoms with Crippen LogP contribution in [0.15, 0.2) is 72.4 Å². The van der Waals surface area contributed by atoms with Crippen molar-refractivity contribution in [3.63, 3.8) is 0 Å². The van der Waals surface area contributed by atoms with E-state index in [1.165, 1.54) is 11.3 Å². The predicted octanol–water partition coefficient (Wildman–Crippen LogP) is 4.60. The number of pyridine rings is 1. The van der Waals surface area contributed by atoms with Gasteiger partial charge < -0.3 is 10.4 Å². The number of hydrogen-bond acceptors (Lipinski definition) is 5. The maximum atomic E-state index is 10.8.